The summed E-state index contributed by atoms with van der Waals surface area (Å²) < 4.78 is 32.5. The van der Waals surface area contributed by atoms with Gasteiger partial charge in [-0.1, -0.05) is 0 Å². The van der Waals surface area contributed by atoms with Crippen molar-refractivity contribution < 1.29 is 38.6 Å². The molecule has 0 aromatic heterocycles. The van der Waals surface area contributed by atoms with Gasteiger partial charge in [0.05, 0.1) is 39.1 Å². The SMILES string of the molecule is COC[C@H]1O[C@@H](C)C(OC(OCCO)OCCO)C1OC. The monoisotopic (exact) mass is 310 g/mol. The van der Waals surface area contributed by atoms with Gasteiger partial charge in [0.1, 0.15) is 18.3 Å². The first-order valence-corrected chi connectivity index (χ1v) is 6.95. The minimum absolute atomic E-state index is 0.0667. The van der Waals surface area contributed by atoms with Gasteiger partial charge in [-0.3, -0.25) is 0 Å². The Morgan fingerprint density at radius 3 is 2.14 bits per heavy atom. The van der Waals surface area contributed by atoms with Gasteiger partial charge in [0.25, 0.3) is 6.48 Å². The van der Waals surface area contributed by atoms with Crippen LogP contribution < -0.4 is 0 Å². The van der Waals surface area contributed by atoms with Crippen LogP contribution in [-0.4, -0.2) is 88.4 Å². The van der Waals surface area contributed by atoms with Gasteiger partial charge in [0.2, 0.25) is 0 Å². The Morgan fingerprint density at radius 2 is 1.67 bits per heavy atom. The maximum absolute atomic E-state index is 8.81. The largest absolute Gasteiger partial charge is 0.394 e. The van der Waals surface area contributed by atoms with E-state index in [2.05, 4.69) is 0 Å². The van der Waals surface area contributed by atoms with E-state index < -0.39 is 12.6 Å². The number of rotatable bonds is 11. The van der Waals surface area contributed by atoms with Crippen molar-refractivity contribution in [3.63, 3.8) is 0 Å². The third kappa shape index (κ3) is 5.76. The average molecular weight is 310 g/mol. The molecule has 0 aromatic carbocycles. The lowest BCUT2D eigenvalue weighted by atomic mass is 10.1. The van der Waals surface area contributed by atoms with E-state index in [0.717, 1.165) is 0 Å². The fourth-order valence-electron chi connectivity index (χ4n) is 2.23. The number of methoxy groups -OCH3 is 2. The maximum atomic E-state index is 8.81. The van der Waals surface area contributed by atoms with E-state index in [1.807, 2.05) is 6.92 Å². The zero-order valence-electron chi connectivity index (χ0n) is 12.8. The van der Waals surface area contributed by atoms with Gasteiger partial charge in [-0.2, -0.15) is 0 Å². The summed E-state index contributed by atoms with van der Waals surface area (Å²) in [7, 11) is 3.16. The second-order valence-corrected chi connectivity index (χ2v) is 4.61. The summed E-state index contributed by atoms with van der Waals surface area (Å²) in [6.07, 6.45) is -1.19. The summed E-state index contributed by atoms with van der Waals surface area (Å²) in [6, 6.07) is 0. The molecule has 0 spiro atoms. The highest BCUT2D eigenvalue weighted by molar-refractivity contribution is 4.91. The molecule has 1 heterocycles. The normalized spacial score (nSPS) is 29.4. The topological polar surface area (TPSA) is 95.8 Å². The molecule has 0 saturated carbocycles. The van der Waals surface area contributed by atoms with Crippen LogP contribution in [0.3, 0.4) is 0 Å². The Morgan fingerprint density at radius 1 is 1.05 bits per heavy atom. The van der Waals surface area contributed by atoms with Crippen LogP contribution in [-0.2, 0) is 28.4 Å². The van der Waals surface area contributed by atoms with Crippen molar-refractivity contribution >= 4 is 0 Å². The molecule has 0 aromatic rings. The van der Waals surface area contributed by atoms with E-state index in [9.17, 15) is 0 Å². The molecule has 1 aliphatic rings. The first kappa shape index (κ1) is 18.7. The quantitative estimate of drug-likeness (QED) is 0.475. The lowest BCUT2D eigenvalue weighted by molar-refractivity contribution is -0.317. The van der Waals surface area contributed by atoms with Crippen molar-refractivity contribution in [2.24, 2.45) is 0 Å². The molecule has 2 N–H and O–H groups in total. The Balaban J connectivity index is 2.61. The van der Waals surface area contributed by atoms with Crippen LogP contribution in [0.15, 0.2) is 0 Å². The average Bonchev–Trinajstić information content (AvgIpc) is 2.77. The third-order valence-corrected chi connectivity index (χ3v) is 3.10. The Labute approximate surface area is 124 Å². The smallest absolute Gasteiger partial charge is 0.272 e. The molecule has 1 rings (SSSR count). The molecular weight excluding hydrogens is 284 g/mol. The molecule has 8 heteroatoms. The number of aliphatic hydroxyl groups is 2. The summed E-state index contributed by atoms with van der Waals surface area (Å²) in [5.41, 5.74) is 0. The van der Waals surface area contributed by atoms with Gasteiger partial charge in [-0.25, -0.2) is 0 Å². The first-order chi connectivity index (χ1) is 10.2. The van der Waals surface area contributed by atoms with Crippen molar-refractivity contribution in [2.45, 2.75) is 37.8 Å². The van der Waals surface area contributed by atoms with Crippen LogP contribution in [0.25, 0.3) is 0 Å². The Kier molecular flexibility index (Phi) is 9.29. The molecule has 2 unspecified atom stereocenters. The minimum Gasteiger partial charge on any atom is -0.394 e. The molecule has 0 aliphatic carbocycles. The highest BCUT2D eigenvalue weighted by Crippen LogP contribution is 2.27. The summed E-state index contributed by atoms with van der Waals surface area (Å²) in [6.45, 7) is 1.08. The number of aliphatic hydroxyl groups excluding tert-OH is 2. The van der Waals surface area contributed by atoms with E-state index in [1.54, 1.807) is 14.2 Å². The van der Waals surface area contributed by atoms with Gasteiger partial charge >= 0.3 is 0 Å². The van der Waals surface area contributed by atoms with Crippen LogP contribution >= 0.6 is 0 Å². The highest BCUT2D eigenvalue weighted by atomic mass is 16.9. The molecular formula is C13H26O8. The maximum Gasteiger partial charge on any atom is 0.272 e. The van der Waals surface area contributed by atoms with Crippen LogP contribution in [0.4, 0.5) is 0 Å². The highest BCUT2D eigenvalue weighted by Gasteiger charge is 2.45. The third-order valence-electron chi connectivity index (χ3n) is 3.10. The number of hydrogen-bond acceptors (Lipinski definition) is 8. The molecule has 0 bridgehead atoms. The molecule has 21 heavy (non-hydrogen) atoms. The van der Waals surface area contributed by atoms with E-state index >= 15 is 0 Å². The second kappa shape index (κ2) is 10.4. The van der Waals surface area contributed by atoms with Crippen LogP contribution in [0, 0.1) is 0 Å². The summed E-state index contributed by atoms with van der Waals surface area (Å²) >= 11 is 0. The molecule has 8 nitrogen and oxygen atoms in total. The van der Waals surface area contributed by atoms with Crippen LogP contribution in [0.5, 0.6) is 0 Å². The summed E-state index contributed by atoms with van der Waals surface area (Å²) in [4.78, 5) is 0. The minimum atomic E-state index is -1.00. The zero-order valence-corrected chi connectivity index (χ0v) is 12.8. The molecule has 0 amide bonds. The predicted molar refractivity (Wildman–Crippen MR) is 71.7 cm³/mol. The van der Waals surface area contributed by atoms with Gasteiger partial charge in [0.15, 0.2) is 0 Å². The predicted octanol–water partition coefficient (Wildman–Crippen LogP) is -0.878. The summed E-state index contributed by atoms with van der Waals surface area (Å²) in [5.74, 6) is 0. The number of ether oxygens (including phenoxy) is 6. The van der Waals surface area contributed by atoms with Gasteiger partial charge in [-0.15, -0.1) is 0 Å². The lowest BCUT2D eigenvalue weighted by Crippen LogP contribution is -2.41. The van der Waals surface area contributed by atoms with E-state index in [1.165, 1.54) is 0 Å². The second-order valence-electron chi connectivity index (χ2n) is 4.61. The van der Waals surface area contributed by atoms with E-state index in [4.69, 9.17) is 38.6 Å². The zero-order chi connectivity index (χ0) is 15.7. The Bertz CT molecular complexity index is 257. The van der Waals surface area contributed by atoms with Gasteiger partial charge < -0.3 is 38.6 Å². The molecule has 1 aliphatic heterocycles. The van der Waals surface area contributed by atoms with Crippen molar-refractivity contribution in [3.05, 3.63) is 0 Å². The molecule has 126 valence electrons. The summed E-state index contributed by atoms with van der Waals surface area (Å²) in [5, 5.41) is 17.6. The van der Waals surface area contributed by atoms with Crippen LogP contribution in [0.1, 0.15) is 6.92 Å². The number of hydrogen-bond donors (Lipinski definition) is 2. The Hall–Kier alpha value is -0.320. The lowest BCUT2D eigenvalue weighted by Gasteiger charge is -2.27. The van der Waals surface area contributed by atoms with Crippen molar-refractivity contribution in [1.82, 2.24) is 0 Å². The van der Waals surface area contributed by atoms with Crippen molar-refractivity contribution in [2.75, 3.05) is 47.3 Å². The van der Waals surface area contributed by atoms with E-state index in [0.29, 0.717) is 6.61 Å². The molecule has 0 radical (unpaired) electrons. The van der Waals surface area contributed by atoms with Crippen molar-refractivity contribution in [3.8, 4) is 0 Å². The fraction of sp³-hybridized carbons (Fsp3) is 1.00. The van der Waals surface area contributed by atoms with Gasteiger partial charge in [-0.05, 0) is 6.92 Å². The van der Waals surface area contributed by atoms with E-state index in [-0.39, 0.29) is 44.7 Å². The first-order valence-electron chi connectivity index (χ1n) is 6.95. The molecule has 1 saturated heterocycles. The molecule has 4 atom stereocenters. The van der Waals surface area contributed by atoms with Gasteiger partial charge in [0, 0.05) is 14.2 Å². The van der Waals surface area contributed by atoms with Crippen molar-refractivity contribution in [1.29, 1.82) is 0 Å². The fourth-order valence-corrected chi connectivity index (χ4v) is 2.23. The van der Waals surface area contributed by atoms with Crippen LogP contribution in [0.2, 0.25) is 0 Å². The molecule has 1 fully saturated rings. The standard InChI is InChI=1S/C13H26O8/c1-9-11(12(17-3)10(20-9)8-16-2)21-13(18-6-4-14)19-7-5-15/h9-15H,4-8H2,1-3H3/t9-,10+,11?,12?/m0/s1.